The first-order chi connectivity index (χ1) is 13.9. The number of halogens is 3. The lowest BCUT2D eigenvalue weighted by molar-refractivity contribution is -0.137. The predicted octanol–water partition coefficient (Wildman–Crippen LogP) is 5.94. The van der Waals surface area contributed by atoms with Crippen molar-refractivity contribution in [2.45, 2.75) is 27.9 Å². The van der Waals surface area contributed by atoms with Gasteiger partial charge in [-0.25, -0.2) is 4.98 Å². The molecule has 0 radical (unpaired) electrons. The van der Waals surface area contributed by atoms with E-state index in [0.717, 1.165) is 28.3 Å². The summed E-state index contributed by atoms with van der Waals surface area (Å²) < 4.78 is 47.0. The van der Waals surface area contributed by atoms with E-state index in [-0.39, 0.29) is 0 Å². The zero-order valence-electron chi connectivity index (χ0n) is 15.7. The van der Waals surface area contributed by atoms with Crippen molar-refractivity contribution in [3.63, 3.8) is 0 Å². The van der Waals surface area contributed by atoms with Crippen LogP contribution in [0.5, 0.6) is 5.75 Å². The van der Waals surface area contributed by atoms with Crippen molar-refractivity contribution in [2.75, 3.05) is 13.7 Å². The van der Waals surface area contributed by atoms with Gasteiger partial charge in [-0.15, -0.1) is 0 Å². The van der Waals surface area contributed by atoms with Crippen LogP contribution in [-0.2, 0) is 6.18 Å². The van der Waals surface area contributed by atoms with Gasteiger partial charge in [-0.3, -0.25) is 9.71 Å². The number of nitrogens with zero attached hydrogens (tertiary/aromatic N) is 2. The maximum absolute atomic E-state index is 12.8. The molecule has 1 aromatic heterocycles. The summed E-state index contributed by atoms with van der Waals surface area (Å²) in [5, 5.41) is 0.608. The van der Waals surface area contributed by atoms with Gasteiger partial charge in [0.1, 0.15) is 16.5 Å². The molecule has 0 unspecified atom stereocenters. The maximum atomic E-state index is 12.8. The fourth-order valence-electron chi connectivity index (χ4n) is 2.54. The molecule has 2 aromatic carbocycles. The Hall–Kier alpha value is -2.23. The molecule has 0 saturated heterocycles. The first kappa shape index (κ1) is 21.5. The zero-order chi connectivity index (χ0) is 20.9. The molecule has 0 amide bonds. The molecule has 9 heteroatoms. The first-order valence-corrected chi connectivity index (χ1v) is 10.3. The van der Waals surface area contributed by atoms with E-state index in [2.05, 4.69) is 14.7 Å². The summed E-state index contributed by atoms with van der Waals surface area (Å²) >= 11 is 2.70. The molecule has 0 spiro atoms. The van der Waals surface area contributed by atoms with Gasteiger partial charge in [-0.2, -0.15) is 13.2 Å². The number of ether oxygens (including phenoxy) is 1. The van der Waals surface area contributed by atoms with Gasteiger partial charge in [0.15, 0.2) is 0 Å². The van der Waals surface area contributed by atoms with Crippen molar-refractivity contribution in [1.82, 2.24) is 14.7 Å². The molecule has 0 fully saturated rings. The van der Waals surface area contributed by atoms with Crippen LogP contribution in [0.4, 0.5) is 13.2 Å². The summed E-state index contributed by atoms with van der Waals surface area (Å²) in [6.45, 7) is 2.47. The third-order valence-electron chi connectivity index (χ3n) is 3.79. The highest BCUT2D eigenvalue weighted by Gasteiger charge is 2.30. The third kappa shape index (κ3) is 5.43. The number of aromatic nitrogens is 2. The number of rotatable bonds is 7. The maximum Gasteiger partial charge on any atom is 0.416 e. The number of hydrogen-bond acceptors (Lipinski definition) is 6. The minimum Gasteiger partial charge on any atom is -0.493 e. The lowest BCUT2D eigenvalue weighted by atomic mass is 10.1. The average molecular weight is 438 g/mol. The molecule has 3 rings (SSSR count). The fraction of sp³-hybridized carbons (Fsp3) is 0.200. The van der Waals surface area contributed by atoms with Crippen LogP contribution >= 0.6 is 23.7 Å². The van der Waals surface area contributed by atoms with Crippen LogP contribution in [-0.4, -0.2) is 23.6 Å². The van der Waals surface area contributed by atoms with E-state index in [1.54, 1.807) is 12.4 Å². The molecule has 1 N–H and O–H groups in total. The molecule has 3 aromatic rings. The molecule has 1 heterocycles. The van der Waals surface area contributed by atoms with Crippen LogP contribution in [0.15, 0.2) is 69.7 Å². The van der Waals surface area contributed by atoms with Crippen LogP contribution in [0.3, 0.4) is 0 Å². The fourth-order valence-corrected chi connectivity index (χ4v) is 4.05. The van der Waals surface area contributed by atoms with Crippen molar-refractivity contribution in [1.29, 1.82) is 0 Å². The van der Waals surface area contributed by atoms with Crippen LogP contribution in [0.1, 0.15) is 12.5 Å². The van der Waals surface area contributed by atoms with Crippen LogP contribution in [0.25, 0.3) is 11.3 Å². The summed E-state index contributed by atoms with van der Waals surface area (Å²) in [5.41, 5.74) is 0.813. The zero-order valence-corrected chi connectivity index (χ0v) is 17.3. The Morgan fingerprint density at radius 3 is 2.41 bits per heavy atom. The number of hydrogen-bond donors (Lipinski definition) is 1. The molecule has 0 aliphatic rings. The van der Waals surface area contributed by atoms with E-state index in [4.69, 9.17) is 4.74 Å². The molecular formula is C20H18F3N3OS2. The van der Waals surface area contributed by atoms with E-state index in [1.807, 2.05) is 32.2 Å². The van der Waals surface area contributed by atoms with Gasteiger partial charge in [-0.1, -0.05) is 11.8 Å². The summed E-state index contributed by atoms with van der Waals surface area (Å²) in [6, 6.07) is 10.7. The topological polar surface area (TPSA) is 47.0 Å². The van der Waals surface area contributed by atoms with Crippen molar-refractivity contribution >= 4 is 23.7 Å². The number of benzene rings is 2. The second kappa shape index (κ2) is 9.51. The van der Waals surface area contributed by atoms with Crippen molar-refractivity contribution < 1.29 is 17.9 Å². The highest BCUT2D eigenvalue weighted by atomic mass is 32.2. The molecular weight excluding hydrogens is 419 g/mol. The summed E-state index contributed by atoms with van der Waals surface area (Å²) in [5.74, 6) is 0.761. The average Bonchev–Trinajstić information content (AvgIpc) is 2.70. The van der Waals surface area contributed by atoms with Crippen LogP contribution < -0.4 is 9.46 Å². The molecule has 29 heavy (non-hydrogen) atoms. The minimum atomic E-state index is -4.36. The Morgan fingerprint density at radius 1 is 1.03 bits per heavy atom. The van der Waals surface area contributed by atoms with Gasteiger partial charge in [0.25, 0.3) is 0 Å². The minimum absolute atomic E-state index is 0.552. The summed E-state index contributed by atoms with van der Waals surface area (Å²) in [7, 11) is 1.82. The number of alkyl halides is 3. The van der Waals surface area contributed by atoms with Crippen molar-refractivity contribution in [2.24, 2.45) is 0 Å². The van der Waals surface area contributed by atoms with E-state index in [0.29, 0.717) is 22.2 Å². The second-order valence-electron chi connectivity index (χ2n) is 5.74. The number of nitrogens with one attached hydrogen (secondary N) is 1. The van der Waals surface area contributed by atoms with Gasteiger partial charge >= 0.3 is 6.18 Å². The lowest BCUT2D eigenvalue weighted by Crippen LogP contribution is -2.03. The second-order valence-corrected chi connectivity index (χ2v) is 7.85. The Morgan fingerprint density at radius 2 is 1.76 bits per heavy atom. The van der Waals surface area contributed by atoms with Gasteiger partial charge in [0, 0.05) is 22.9 Å². The van der Waals surface area contributed by atoms with Gasteiger partial charge < -0.3 is 4.74 Å². The molecule has 0 aliphatic carbocycles. The Kier molecular flexibility index (Phi) is 7.05. The molecule has 0 atom stereocenters. The van der Waals surface area contributed by atoms with E-state index < -0.39 is 11.7 Å². The molecule has 0 aliphatic heterocycles. The summed E-state index contributed by atoms with van der Waals surface area (Å²) in [4.78, 5) is 10.4. The first-order valence-electron chi connectivity index (χ1n) is 8.69. The predicted molar refractivity (Wildman–Crippen MR) is 109 cm³/mol. The highest BCUT2D eigenvalue weighted by Crippen LogP contribution is 2.38. The molecule has 152 valence electrons. The summed E-state index contributed by atoms with van der Waals surface area (Å²) in [6.07, 6.45) is -1.20. The Balaban J connectivity index is 1.92. The molecule has 0 saturated carbocycles. The lowest BCUT2D eigenvalue weighted by Gasteiger charge is -2.13. The molecule has 0 bridgehead atoms. The van der Waals surface area contributed by atoms with Crippen molar-refractivity contribution in [3.05, 3.63) is 60.4 Å². The van der Waals surface area contributed by atoms with E-state index >= 15 is 0 Å². The highest BCUT2D eigenvalue weighted by molar-refractivity contribution is 7.99. The normalized spacial score (nSPS) is 11.5. The van der Waals surface area contributed by atoms with E-state index in [9.17, 15) is 13.2 Å². The van der Waals surface area contributed by atoms with Crippen LogP contribution in [0, 0.1) is 0 Å². The largest absolute Gasteiger partial charge is 0.493 e. The smallest absolute Gasteiger partial charge is 0.416 e. The van der Waals surface area contributed by atoms with Gasteiger partial charge in [-0.05, 0) is 68.4 Å². The quantitative estimate of drug-likeness (QED) is 0.462. The Labute approximate surface area is 175 Å². The van der Waals surface area contributed by atoms with Gasteiger partial charge in [0.05, 0.1) is 17.1 Å². The monoisotopic (exact) mass is 437 g/mol. The van der Waals surface area contributed by atoms with Gasteiger partial charge in [0.2, 0.25) is 0 Å². The van der Waals surface area contributed by atoms with Crippen LogP contribution in [0.2, 0.25) is 0 Å². The Bertz CT molecular complexity index is 966. The van der Waals surface area contributed by atoms with Crippen molar-refractivity contribution in [3.8, 4) is 17.0 Å². The SMILES string of the molecule is CCOc1ccc(-c2nccnc2Sc2ccc(C(F)(F)F)cc2)cc1SNC. The van der Waals surface area contributed by atoms with E-state index in [1.165, 1.54) is 35.8 Å². The standard InChI is InChI=1S/C20H18F3N3OS2/c1-3-27-16-9-4-13(12-17(16)29-24-2)18-19(26-11-10-25-18)28-15-7-5-14(6-8-15)20(21,22)23/h4-12,24H,3H2,1-2H3. The third-order valence-corrected chi connectivity index (χ3v) is 5.53. The molecule has 4 nitrogen and oxygen atoms in total.